The molecule has 0 aliphatic carbocycles. The number of ether oxygens (including phenoxy) is 1. The summed E-state index contributed by atoms with van der Waals surface area (Å²) in [5.74, 6) is -1.16. The Bertz CT molecular complexity index is 738. The molecule has 1 aromatic carbocycles. The van der Waals surface area contributed by atoms with Crippen LogP contribution in [-0.2, 0) is 10.3 Å². The van der Waals surface area contributed by atoms with Crippen LogP contribution in [0.4, 0.5) is 10.1 Å². The van der Waals surface area contributed by atoms with Gasteiger partial charge >= 0.3 is 5.97 Å². The molecule has 0 aliphatic heterocycles. The molecule has 130 valence electrons. The van der Waals surface area contributed by atoms with Crippen LogP contribution in [0.3, 0.4) is 0 Å². The second-order valence-corrected chi connectivity index (χ2v) is 6.38. The van der Waals surface area contributed by atoms with Crippen molar-refractivity contribution in [2.75, 3.05) is 12.3 Å². The second-order valence-electron chi connectivity index (χ2n) is 6.38. The molecule has 0 bridgehead atoms. The molecule has 2 rings (SSSR count). The first-order chi connectivity index (χ1) is 11.3. The zero-order valence-corrected chi connectivity index (χ0v) is 14.6. The Kier molecular flexibility index (Phi) is 5.26. The number of nitrogens with zero attached hydrogens (tertiary/aromatic N) is 2. The molecular formula is C18H24FN3O2. The van der Waals surface area contributed by atoms with Crippen molar-refractivity contribution in [1.29, 1.82) is 0 Å². The minimum absolute atomic E-state index is 0.113. The van der Waals surface area contributed by atoms with Crippen LogP contribution in [0.5, 0.6) is 0 Å². The van der Waals surface area contributed by atoms with Gasteiger partial charge in [0.15, 0.2) is 0 Å². The highest BCUT2D eigenvalue weighted by molar-refractivity contribution is 5.98. The van der Waals surface area contributed by atoms with E-state index in [0.717, 1.165) is 12.8 Å². The van der Waals surface area contributed by atoms with Gasteiger partial charge in [-0.05, 0) is 39.3 Å². The molecule has 0 radical (unpaired) electrons. The second kappa shape index (κ2) is 7.03. The molecule has 2 aromatic rings. The monoisotopic (exact) mass is 333 g/mol. The fourth-order valence-corrected chi connectivity index (χ4v) is 2.80. The van der Waals surface area contributed by atoms with E-state index in [-0.39, 0.29) is 29.0 Å². The highest BCUT2D eigenvalue weighted by Crippen LogP contribution is 2.31. The predicted molar refractivity (Wildman–Crippen MR) is 92.2 cm³/mol. The Morgan fingerprint density at radius 2 is 2.08 bits per heavy atom. The first-order valence-electron chi connectivity index (χ1n) is 8.11. The van der Waals surface area contributed by atoms with Crippen molar-refractivity contribution in [3.8, 4) is 11.1 Å². The van der Waals surface area contributed by atoms with Crippen LogP contribution in [0.2, 0.25) is 0 Å². The summed E-state index contributed by atoms with van der Waals surface area (Å²) in [4.78, 5) is 12.2. The summed E-state index contributed by atoms with van der Waals surface area (Å²) in [6.07, 6.45) is 5.26. The maximum atomic E-state index is 14.5. The van der Waals surface area contributed by atoms with E-state index >= 15 is 0 Å². The number of carbonyl (C=O) groups is 1. The average Bonchev–Trinajstić information content (AvgIpc) is 2.97. The van der Waals surface area contributed by atoms with Gasteiger partial charge in [0.1, 0.15) is 5.82 Å². The summed E-state index contributed by atoms with van der Waals surface area (Å²) in [6, 6.07) is 2.64. The number of nitrogen functional groups attached to an aromatic ring is 1. The fraction of sp³-hybridized carbons (Fsp3) is 0.444. The Morgan fingerprint density at radius 3 is 2.71 bits per heavy atom. The molecule has 0 spiro atoms. The molecule has 24 heavy (non-hydrogen) atoms. The zero-order valence-electron chi connectivity index (χ0n) is 14.6. The average molecular weight is 333 g/mol. The summed E-state index contributed by atoms with van der Waals surface area (Å²) in [5.41, 5.74) is 6.48. The minimum Gasteiger partial charge on any atom is -0.462 e. The smallest absolute Gasteiger partial charge is 0.338 e. The molecule has 6 heteroatoms. The van der Waals surface area contributed by atoms with Gasteiger partial charge in [0.2, 0.25) is 0 Å². The Balaban J connectivity index is 2.53. The van der Waals surface area contributed by atoms with Gasteiger partial charge in [-0.1, -0.05) is 13.3 Å². The zero-order chi connectivity index (χ0) is 17.9. The van der Waals surface area contributed by atoms with Gasteiger partial charge < -0.3 is 10.5 Å². The van der Waals surface area contributed by atoms with Crippen molar-refractivity contribution < 1.29 is 13.9 Å². The Labute approximate surface area is 141 Å². The number of hydrogen-bond acceptors (Lipinski definition) is 4. The first kappa shape index (κ1) is 18.0. The van der Waals surface area contributed by atoms with E-state index in [0.29, 0.717) is 5.56 Å². The molecule has 1 aromatic heterocycles. The van der Waals surface area contributed by atoms with Crippen molar-refractivity contribution in [3.05, 3.63) is 35.9 Å². The molecule has 0 unspecified atom stereocenters. The van der Waals surface area contributed by atoms with Gasteiger partial charge in [0.05, 0.1) is 23.9 Å². The summed E-state index contributed by atoms with van der Waals surface area (Å²) in [6.45, 7) is 8.14. The molecule has 0 fully saturated rings. The summed E-state index contributed by atoms with van der Waals surface area (Å²) < 4.78 is 21.4. The maximum Gasteiger partial charge on any atom is 0.338 e. The van der Waals surface area contributed by atoms with Gasteiger partial charge in [-0.2, -0.15) is 5.10 Å². The lowest BCUT2D eigenvalue weighted by atomic mass is 9.98. The summed E-state index contributed by atoms with van der Waals surface area (Å²) in [5, 5.41) is 4.36. The van der Waals surface area contributed by atoms with Gasteiger partial charge in [-0.25, -0.2) is 9.18 Å². The van der Waals surface area contributed by atoms with Crippen molar-refractivity contribution in [2.24, 2.45) is 0 Å². The van der Waals surface area contributed by atoms with Gasteiger partial charge in [-0.15, -0.1) is 0 Å². The molecule has 0 saturated heterocycles. The SMILES string of the molecule is CCCC(C)(C)n1cc(-c2c(F)cc(N)cc2C(=O)OCC)cn1. The largest absolute Gasteiger partial charge is 0.462 e. The predicted octanol–water partition coefficient (Wildman–Crippen LogP) is 3.98. The van der Waals surface area contributed by atoms with E-state index in [1.807, 2.05) is 0 Å². The van der Waals surface area contributed by atoms with Crippen molar-refractivity contribution in [3.63, 3.8) is 0 Å². The van der Waals surface area contributed by atoms with E-state index in [9.17, 15) is 9.18 Å². The number of rotatable bonds is 6. The van der Waals surface area contributed by atoms with E-state index in [2.05, 4.69) is 25.9 Å². The molecule has 1 heterocycles. The third-order valence-electron chi connectivity index (χ3n) is 3.96. The standard InChI is InChI=1S/C18H24FN3O2/c1-5-7-18(3,4)22-11-12(10-21-22)16-14(17(23)24-6-2)8-13(20)9-15(16)19/h8-11H,5-7,20H2,1-4H3. The van der Waals surface area contributed by atoms with E-state index < -0.39 is 11.8 Å². The third kappa shape index (κ3) is 3.58. The Hall–Kier alpha value is -2.37. The first-order valence-corrected chi connectivity index (χ1v) is 8.11. The topological polar surface area (TPSA) is 70.1 Å². The lowest BCUT2D eigenvalue weighted by molar-refractivity contribution is 0.0527. The summed E-state index contributed by atoms with van der Waals surface area (Å²) in [7, 11) is 0. The Morgan fingerprint density at radius 1 is 1.38 bits per heavy atom. The van der Waals surface area contributed by atoms with Crippen LogP contribution >= 0.6 is 0 Å². The molecule has 5 nitrogen and oxygen atoms in total. The normalized spacial score (nSPS) is 11.5. The van der Waals surface area contributed by atoms with Crippen molar-refractivity contribution >= 4 is 11.7 Å². The van der Waals surface area contributed by atoms with Crippen molar-refractivity contribution in [2.45, 2.75) is 46.1 Å². The third-order valence-corrected chi connectivity index (χ3v) is 3.96. The highest BCUT2D eigenvalue weighted by Gasteiger charge is 2.24. The maximum absolute atomic E-state index is 14.5. The molecule has 0 amide bonds. The molecule has 2 N–H and O–H groups in total. The molecule has 0 aliphatic rings. The number of anilines is 1. The van der Waals surface area contributed by atoms with Crippen LogP contribution in [0.15, 0.2) is 24.5 Å². The number of aromatic nitrogens is 2. The number of esters is 1. The summed E-state index contributed by atoms with van der Waals surface area (Å²) >= 11 is 0. The van der Waals surface area contributed by atoms with E-state index in [1.165, 1.54) is 12.1 Å². The van der Waals surface area contributed by atoms with Crippen LogP contribution < -0.4 is 5.73 Å². The van der Waals surface area contributed by atoms with Crippen LogP contribution in [0.25, 0.3) is 11.1 Å². The highest BCUT2D eigenvalue weighted by atomic mass is 19.1. The number of hydrogen-bond donors (Lipinski definition) is 1. The molecular weight excluding hydrogens is 309 g/mol. The van der Waals surface area contributed by atoms with Gasteiger partial charge in [0.25, 0.3) is 0 Å². The quantitative estimate of drug-likeness (QED) is 0.641. The number of nitrogens with two attached hydrogens (primary N) is 1. The van der Waals surface area contributed by atoms with Gasteiger partial charge in [-0.3, -0.25) is 4.68 Å². The van der Waals surface area contributed by atoms with E-state index in [4.69, 9.17) is 10.5 Å². The van der Waals surface area contributed by atoms with E-state index in [1.54, 1.807) is 24.0 Å². The van der Waals surface area contributed by atoms with Crippen LogP contribution in [0.1, 0.15) is 50.9 Å². The number of carbonyl (C=O) groups excluding carboxylic acids is 1. The molecule has 0 saturated carbocycles. The van der Waals surface area contributed by atoms with Crippen LogP contribution in [-0.4, -0.2) is 22.4 Å². The lowest BCUT2D eigenvalue weighted by Gasteiger charge is -2.24. The van der Waals surface area contributed by atoms with Gasteiger partial charge in [0, 0.05) is 23.0 Å². The fourth-order valence-electron chi connectivity index (χ4n) is 2.80. The molecule has 0 atom stereocenters. The number of halogens is 1. The lowest BCUT2D eigenvalue weighted by Crippen LogP contribution is -2.26. The van der Waals surface area contributed by atoms with Crippen molar-refractivity contribution in [1.82, 2.24) is 9.78 Å². The van der Waals surface area contributed by atoms with Crippen LogP contribution in [0, 0.1) is 5.82 Å². The number of benzene rings is 1. The minimum atomic E-state index is -0.598.